The van der Waals surface area contributed by atoms with Crippen LogP contribution in [0, 0.1) is 17.8 Å². The summed E-state index contributed by atoms with van der Waals surface area (Å²) in [6.45, 7) is 2.40. The minimum atomic E-state index is 0.347. The molecule has 0 spiro atoms. The standard InChI is InChI=1S/C12H14O.C7H12/c13-12-8-6-11(7-9-12)10-4-2-1-3-5-10;1-5-2-3-6-4-7(5)6/h4,6-9,13H,1-3,5H2;5-7H,2-4H2,1H3. The summed E-state index contributed by atoms with van der Waals surface area (Å²) in [6, 6.07) is 7.49. The molecule has 0 bridgehead atoms. The molecule has 0 heterocycles. The van der Waals surface area contributed by atoms with Crippen molar-refractivity contribution in [3.8, 4) is 5.75 Å². The number of aromatic hydroxyl groups is 1. The second-order valence-electron chi connectivity index (χ2n) is 6.74. The van der Waals surface area contributed by atoms with E-state index < -0.39 is 0 Å². The maximum atomic E-state index is 9.14. The summed E-state index contributed by atoms with van der Waals surface area (Å²) < 4.78 is 0. The van der Waals surface area contributed by atoms with Gasteiger partial charge < -0.3 is 5.11 Å². The topological polar surface area (TPSA) is 20.2 Å². The molecule has 3 unspecified atom stereocenters. The van der Waals surface area contributed by atoms with E-state index in [0.29, 0.717) is 5.75 Å². The van der Waals surface area contributed by atoms with Gasteiger partial charge >= 0.3 is 0 Å². The highest BCUT2D eigenvalue weighted by molar-refractivity contribution is 5.66. The van der Waals surface area contributed by atoms with E-state index in [2.05, 4.69) is 13.0 Å². The number of allylic oxidation sites excluding steroid dienone is 2. The van der Waals surface area contributed by atoms with Crippen molar-refractivity contribution in [1.29, 1.82) is 0 Å². The highest BCUT2D eigenvalue weighted by Crippen LogP contribution is 2.54. The summed E-state index contributed by atoms with van der Waals surface area (Å²) in [6.07, 6.45) is 12.0. The van der Waals surface area contributed by atoms with Crippen molar-refractivity contribution in [2.24, 2.45) is 17.8 Å². The fourth-order valence-corrected chi connectivity index (χ4v) is 3.77. The van der Waals surface area contributed by atoms with Crippen molar-refractivity contribution in [3.05, 3.63) is 35.9 Å². The lowest BCUT2D eigenvalue weighted by Gasteiger charge is -2.12. The van der Waals surface area contributed by atoms with Crippen LogP contribution < -0.4 is 0 Å². The number of fused-ring (bicyclic) bond motifs is 1. The molecule has 3 aliphatic carbocycles. The van der Waals surface area contributed by atoms with Gasteiger partial charge in [0.2, 0.25) is 0 Å². The van der Waals surface area contributed by atoms with Crippen LogP contribution in [-0.2, 0) is 0 Å². The SMILES string of the molecule is CC1CCC2CC12.Oc1ccc(C2=CCCCC2)cc1. The highest BCUT2D eigenvalue weighted by Gasteiger charge is 2.45. The second kappa shape index (κ2) is 6.03. The molecule has 4 rings (SSSR count). The van der Waals surface area contributed by atoms with Gasteiger partial charge in [-0.1, -0.05) is 31.6 Å². The minimum absolute atomic E-state index is 0.347. The van der Waals surface area contributed by atoms with Crippen LogP contribution in [0.3, 0.4) is 0 Å². The van der Waals surface area contributed by atoms with Crippen LogP contribution >= 0.6 is 0 Å². The molecule has 108 valence electrons. The number of rotatable bonds is 1. The monoisotopic (exact) mass is 270 g/mol. The lowest BCUT2D eigenvalue weighted by molar-refractivity contribution is 0.475. The van der Waals surface area contributed by atoms with Crippen molar-refractivity contribution in [2.45, 2.75) is 51.9 Å². The lowest BCUT2D eigenvalue weighted by atomic mass is 9.94. The van der Waals surface area contributed by atoms with Gasteiger partial charge in [0, 0.05) is 0 Å². The molecular formula is C19H26O. The average Bonchev–Trinajstić information content (AvgIpc) is 3.19. The Kier molecular flexibility index (Phi) is 4.14. The zero-order valence-corrected chi connectivity index (χ0v) is 12.5. The van der Waals surface area contributed by atoms with Crippen molar-refractivity contribution < 1.29 is 5.11 Å². The Bertz CT molecular complexity index is 471. The molecule has 1 aromatic carbocycles. The predicted molar refractivity (Wildman–Crippen MR) is 84.5 cm³/mol. The molecule has 1 nitrogen and oxygen atoms in total. The molecule has 2 fully saturated rings. The van der Waals surface area contributed by atoms with Gasteiger partial charge in [0.1, 0.15) is 5.75 Å². The van der Waals surface area contributed by atoms with Crippen LogP contribution in [0.25, 0.3) is 5.57 Å². The first-order valence-corrected chi connectivity index (χ1v) is 8.22. The third-order valence-electron chi connectivity index (χ3n) is 5.23. The Balaban J connectivity index is 0.000000144. The van der Waals surface area contributed by atoms with Crippen LogP contribution in [0.2, 0.25) is 0 Å². The van der Waals surface area contributed by atoms with Gasteiger partial charge in [-0.3, -0.25) is 0 Å². The van der Waals surface area contributed by atoms with E-state index in [4.69, 9.17) is 5.11 Å². The molecule has 0 radical (unpaired) electrons. The summed E-state index contributed by atoms with van der Waals surface area (Å²) in [5.74, 6) is 3.81. The molecule has 0 saturated heterocycles. The molecule has 0 aromatic heterocycles. The normalized spacial score (nSPS) is 30.9. The van der Waals surface area contributed by atoms with Gasteiger partial charge in [-0.2, -0.15) is 0 Å². The third-order valence-corrected chi connectivity index (χ3v) is 5.23. The molecule has 1 aromatic rings. The summed E-state index contributed by atoms with van der Waals surface area (Å²) in [7, 11) is 0. The Morgan fingerprint density at radius 3 is 2.30 bits per heavy atom. The van der Waals surface area contributed by atoms with Gasteiger partial charge in [0.05, 0.1) is 0 Å². The molecule has 3 aliphatic rings. The molecular weight excluding hydrogens is 244 g/mol. The Morgan fingerprint density at radius 1 is 1.05 bits per heavy atom. The van der Waals surface area contributed by atoms with E-state index in [1.54, 1.807) is 25.0 Å². The summed E-state index contributed by atoms with van der Waals surface area (Å²) in [5.41, 5.74) is 2.70. The van der Waals surface area contributed by atoms with Crippen molar-refractivity contribution in [3.63, 3.8) is 0 Å². The van der Waals surface area contributed by atoms with Gasteiger partial charge in [-0.25, -0.2) is 0 Å². The zero-order valence-electron chi connectivity index (χ0n) is 12.5. The molecule has 1 heteroatoms. The molecule has 0 amide bonds. The Hall–Kier alpha value is -1.24. The number of phenolic OH excluding ortho intramolecular Hbond substituents is 1. The quantitative estimate of drug-likeness (QED) is 0.724. The van der Waals surface area contributed by atoms with E-state index in [1.165, 1.54) is 55.1 Å². The predicted octanol–water partition coefficient (Wildman–Crippen LogP) is 5.40. The van der Waals surface area contributed by atoms with Crippen LogP contribution in [0.4, 0.5) is 0 Å². The van der Waals surface area contributed by atoms with E-state index in [1.807, 2.05) is 12.1 Å². The van der Waals surface area contributed by atoms with Crippen molar-refractivity contribution in [1.82, 2.24) is 0 Å². The number of benzene rings is 1. The summed E-state index contributed by atoms with van der Waals surface area (Å²) in [5, 5.41) is 9.14. The Labute approximate surface area is 122 Å². The van der Waals surface area contributed by atoms with E-state index >= 15 is 0 Å². The van der Waals surface area contributed by atoms with Gasteiger partial charge in [-0.15, -0.1) is 0 Å². The van der Waals surface area contributed by atoms with Gasteiger partial charge in [0.25, 0.3) is 0 Å². The fraction of sp³-hybridized carbons (Fsp3) is 0.579. The maximum Gasteiger partial charge on any atom is 0.115 e. The first-order chi connectivity index (χ1) is 9.74. The minimum Gasteiger partial charge on any atom is -0.508 e. The van der Waals surface area contributed by atoms with E-state index in [9.17, 15) is 0 Å². The molecule has 20 heavy (non-hydrogen) atoms. The number of hydrogen-bond acceptors (Lipinski definition) is 1. The maximum absolute atomic E-state index is 9.14. The number of hydrogen-bond donors (Lipinski definition) is 1. The first kappa shape index (κ1) is 13.7. The average molecular weight is 270 g/mol. The summed E-state index contributed by atoms with van der Waals surface area (Å²) in [4.78, 5) is 0. The molecule has 3 atom stereocenters. The second-order valence-corrected chi connectivity index (χ2v) is 6.74. The number of phenols is 1. The van der Waals surface area contributed by atoms with Gasteiger partial charge in [-0.05, 0) is 79.5 Å². The fourth-order valence-electron chi connectivity index (χ4n) is 3.77. The van der Waals surface area contributed by atoms with Crippen LogP contribution in [-0.4, -0.2) is 5.11 Å². The highest BCUT2D eigenvalue weighted by atomic mass is 16.3. The van der Waals surface area contributed by atoms with E-state index in [-0.39, 0.29) is 0 Å². The molecule has 0 aliphatic heterocycles. The van der Waals surface area contributed by atoms with Crippen LogP contribution in [0.1, 0.15) is 57.4 Å². The first-order valence-electron chi connectivity index (χ1n) is 8.22. The molecule has 2 saturated carbocycles. The van der Waals surface area contributed by atoms with Crippen molar-refractivity contribution in [2.75, 3.05) is 0 Å². The van der Waals surface area contributed by atoms with E-state index in [0.717, 1.165) is 5.92 Å². The summed E-state index contributed by atoms with van der Waals surface area (Å²) >= 11 is 0. The largest absolute Gasteiger partial charge is 0.508 e. The van der Waals surface area contributed by atoms with Crippen LogP contribution in [0.15, 0.2) is 30.3 Å². The lowest BCUT2D eigenvalue weighted by Crippen LogP contribution is -1.90. The zero-order chi connectivity index (χ0) is 13.9. The van der Waals surface area contributed by atoms with Gasteiger partial charge in [0.15, 0.2) is 0 Å². The Morgan fingerprint density at radius 2 is 1.85 bits per heavy atom. The van der Waals surface area contributed by atoms with Crippen LogP contribution in [0.5, 0.6) is 5.75 Å². The third kappa shape index (κ3) is 3.26. The van der Waals surface area contributed by atoms with Crippen molar-refractivity contribution >= 4 is 5.57 Å². The molecule has 1 N–H and O–H groups in total. The smallest absolute Gasteiger partial charge is 0.115 e.